The van der Waals surface area contributed by atoms with E-state index in [2.05, 4.69) is 11.8 Å². The Bertz CT molecular complexity index is 140. The lowest BCUT2D eigenvalue weighted by Gasteiger charge is -2.49. The monoisotopic (exact) mass is 174 g/mol. The van der Waals surface area contributed by atoms with E-state index >= 15 is 0 Å². The van der Waals surface area contributed by atoms with Crippen molar-refractivity contribution >= 4 is 0 Å². The van der Waals surface area contributed by atoms with Gasteiger partial charge >= 0.3 is 0 Å². The number of rotatable bonds is 4. The number of hydrogen-bond donors (Lipinski definition) is 1. The molecule has 0 aliphatic carbocycles. The fraction of sp³-hybridized carbons (Fsp3) is 1.00. The molecule has 4 nitrogen and oxygen atoms in total. The number of hydrogen-bond acceptors (Lipinski definition) is 4. The third kappa shape index (κ3) is 1.61. The van der Waals surface area contributed by atoms with Crippen LogP contribution in [0.1, 0.15) is 6.92 Å². The summed E-state index contributed by atoms with van der Waals surface area (Å²) in [6, 6.07) is 0.420. The highest BCUT2D eigenvalue weighted by Gasteiger charge is 2.45. The van der Waals surface area contributed by atoms with Gasteiger partial charge in [-0.25, -0.2) is 0 Å². The van der Waals surface area contributed by atoms with Crippen LogP contribution in [-0.4, -0.2) is 50.6 Å². The number of ether oxygens (including phenoxy) is 2. The summed E-state index contributed by atoms with van der Waals surface area (Å²) in [4.78, 5) is 2.24. The van der Waals surface area contributed by atoms with Crippen LogP contribution in [0, 0.1) is 0 Å². The molecule has 0 amide bonds. The van der Waals surface area contributed by atoms with Crippen molar-refractivity contribution in [3.63, 3.8) is 0 Å². The van der Waals surface area contributed by atoms with E-state index in [0.717, 1.165) is 13.1 Å². The molecule has 1 aliphatic rings. The van der Waals surface area contributed by atoms with E-state index in [1.54, 1.807) is 14.2 Å². The molecule has 0 radical (unpaired) electrons. The van der Waals surface area contributed by atoms with E-state index in [9.17, 15) is 0 Å². The van der Waals surface area contributed by atoms with E-state index in [1.807, 2.05) is 0 Å². The normalized spacial score (nSPS) is 25.0. The smallest absolute Gasteiger partial charge is 0.193 e. The minimum atomic E-state index is -0.372. The van der Waals surface area contributed by atoms with Gasteiger partial charge in [-0.3, -0.25) is 4.90 Å². The van der Waals surface area contributed by atoms with E-state index in [1.165, 1.54) is 0 Å². The first-order chi connectivity index (χ1) is 5.67. The SMILES string of the molecule is COC1(OC)CN(C(C)CN)C1. The van der Waals surface area contributed by atoms with E-state index in [0.29, 0.717) is 12.6 Å². The summed E-state index contributed by atoms with van der Waals surface area (Å²) in [7, 11) is 3.35. The fourth-order valence-corrected chi connectivity index (χ4v) is 1.37. The van der Waals surface area contributed by atoms with Crippen molar-refractivity contribution in [1.29, 1.82) is 0 Å². The summed E-state index contributed by atoms with van der Waals surface area (Å²) in [6.07, 6.45) is 0. The van der Waals surface area contributed by atoms with Crippen molar-refractivity contribution in [3.05, 3.63) is 0 Å². The summed E-state index contributed by atoms with van der Waals surface area (Å²) >= 11 is 0. The Labute approximate surface area is 73.6 Å². The van der Waals surface area contributed by atoms with Crippen LogP contribution < -0.4 is 5.73 Å². The topological polar surface area (TPSA) is 47.7 Å². The first-order valence-corrected chi connectivity index (χ1v) is 4.22. The summed E-state index contributed by atoms with van der Waals surface area (Å²) in [5.74, 6) is -0.372. The van der Waals surface area contributed by atoms with E-state index in [4.69, 9.17) is 15.2 Å². The highest BCUT2D eigenvalue weighted by molar-refractivity contribution is 4.91. The Kier molecular flexibility index (Phi) is 3.06. The van der Waals surface area contributed by atoms with Crippen LogP contribution in [-0.2, 0) is 9.47 Å². The highest BCUT2D eigenvalue weighted by atomic mass is 16.7. The van der Waals surface area contributed by atoms with Crippen LogP contribution in [0.2, 0.25) is 0 Å². The first kappa shape index (κ1) is 9.92. The van der Waals surface area contributed by atoms with Crippen molar-refractivity contribution in [1.82, 2.24) is 4.90 Å². The second kappa shape index (κ2) is 3.70. The molecule has 1 unspecified atom stereocenters. The number of nitrogens with zero attached hydrogens (tertiary/aromatic N) is 1. The second-order valence-electron chi connectivity index (χ2n) is 3.31. The lowest BCUT2D eigenvalue weighted by atomic mass is 10.0. The maximum absolute atomic E-state index is 5.53. The maximum Gasteiger partial charge on any atom is 0.193 e. The van der Waals surface area contributed by atoms with E-state index in [-0.39, 0.29) is 5.79 Å². The van der Waals surface area contributed by atoms with Gasteiger partial charge in [0.05, 0.1) is 13.1 Å². The molecular formula is C8H18N2O2. The third-order valence-electron chi connectivity index (χ3n) is 2.60. The van der Waals surface area contributed by atoms with Gasteiger partial charge in [0.25, 0.3) is 0 Å². The molecule has 0 spiro atoms. The zero-order valence-corrected chi connectivity index (χ0v) is 8.04. The summed E-state index contributed by atoms with van der Waals surface area (Å²) < 4.78 is 10.5. The predicted octanol–water partition coefficient (Wildman–Crippen LogP) is -0.362. The molecule has 1 saturated heterocycles. The van der Waals surface area contributed by atoms with Gasteiger partial charge in [-0.05, 0) is 6.92 Å². The maximum atomic E-state index is 5.53. The molecule has 0 aromatic rings. The summed E-state index contributed by atoms with van der Waals surface area (Å²) in [5.41, 5.74) is 5.53. The minimum absolute atomic E-state index is 0.372. The van der Waals surface area contributed by atoms with Crippen LogP contribution in [0.4, 0.5) is 0 Å². The molecule has 0 aromatic carbocycles. The minimum Gasteiger partial charge on any atom is -0.351 e. The van der Waals surface area contributed by atoms with Crippen LogP contribution in [0.5, 0.6) is 0 Å². The van der Waals surface area contributed by atoms with Crippen LogP contribution in [0.15, 0.2) is 0 Å². The largest absolute Gasteiger partial charge is 0.351 e. The lowest BCUT2D eigenvalue weighted by Crippen LogP contribution is -2.66. The molecule has 12 heavy (non-hydrogen) atoms. The molecule has 1 rings (SSSR count). The van der Waals surface area contributed by atoms with Gasteiger partial charge in [-0.1, -0.05) is 0 Å². The molecule has 4 heteroatoms. The van der Waals surface area contributed by atoms with Crippen LogP contribution in [0.25, 0.3) is 0 Å². The third-order valence-corrected chi connectivity index (χ3v) is 2.60. The number of nitrogens with two attached hydrogens (primary N) is 1. The fourth-order valence-electron chi connectivity index (χ4n) is 1.37. The number of likely N-dealkylation sites (tertiary alicyclic amines) is 1. The zero-order chi connectivity index (χ0) is 9.19. The van der Waals surface area contributed by atoms with Gasteiger partial charge in [0.15, 0.2) is 5.79 Å². The lowest BCUT2D eigenvalue weighted by molar-refractivity contribution is -0.280. The standard InChI is InChI=1S/C8H18N2O2/c1-7(4-9)10-5-8(6-10,11-2)12-3/h7H,4-6,9H2,1-3H3. The molecule has 1 atom stereocenters. The van der Waals surface area contributed by atoms with Crippen LogP contribution >= 0.6 is 0 Å². The molecule has 1 heterocycles. The molecule has 1 fully saturated rings. The van der Waals surface area contributed by atoms with Gasteiger partial charge in [-0.2, -0.15) is 0 Å². The average Bonchev–Trinajstić information content (AvgIpc) is 2.04. The first-order valence-electron chi connectivity index (χ1n) is 4.22. The van der Waals surface area contributed by atoms with E-state index < -0.39 is 0 Å². The van der Waals surface area contributed by atoms with Crippen molar-refractivity contribution in [2.75, 3.05) is 33.9 Å². The van der Waals surface area contributed by atoms with Gasteiger partial charge < -0.3 is 15.2 Å². The molecule has 2 N–H and O–H groups in total. The Morgan fingerprint density at radius 3 is 2.25 bits per heavy atom. The Hall–Kier alpha value is -0.160. The number of methoxy groups -OCH3 is 2. The Balaban J connectivity index is 2.34. The molecule has 1 aliphatic heterocycles. The summed E-state index contributed by atoms with van der Waals surface area (Å²) in [5, 5.41) is 0. The van der Waals surface area contributed by atoms with Gasteiger partial charge in [-0.15, -0.1) is 0 Å². The highest BCUT2D eigenvalue weighted by Crippen LogP contribution is 2.26. The molecular weight excluding hydrogens is 156 g/mol. The quantitative estimate of drug-likeness (QED) is 0.591. The van der Waals surface area contributed by atoms with Crippen molar-refractivity contribution in [2.24, 2.45) is 5.73 Å². The molecule has 0 aromatic heterocycles. The van der Waals surface area contributed by atoms with Gasteiger partial charge in [0.1, 0.15) is 0 Å². The zero-order valence-electron chi connectivity index (χ0n) is 8.04. The predicted molar refractivity (Wildman–Crippen MR) is 46.8 cm³/mol. The average molecular weight is 174 g/mol. The Morgan fingerprint density at radius 2 is 1.92 bits per heavy atom. The molecule has 72 valence electrons. The van der Waals surface area contributed by atoms with Gasteiger partial charge in [0, 0.05) is 26.8 Å². The van der Waals surface area contributed by atoms with Crippen molar-refractivity contribution in [2.45, 2.75) is 18.8 Å². The summed E-state index contributed by atoms with van der Waals surface area (Å²) in [6.45, 7) is 4.43. The Morgan fingerprint density at radius 1 is 1.42 bits per heavy atom. The van der Waals surface area contributed by atoms with Gasteiger partial charge in [0.2, 0.25) is 0 Å². The second-order valence-corrected chi connectivity index (χ2v) is 3.31. The van der Waals surface area contributed by atoms with Crippen molar-refractivity contribution < 1.29 is 9.47 Å². The van der Waals surface area contributed by atoms with Crippen LogP contribution in [0.3, 0.4) is 0 Å². The molecule has 0 bridgehead atoms. The van der Waals surface area contributed by atoms with Crippen molar-refractivity contribution in [3.8, 4) is 0 Å². The molecule has 0 saturated carbocycles.